The van der Waals surface area contributed by atoms with Crippen molar-refractivity contribution in [2.75, 3.05) is 33.3 Å². The van der Waals surface area contributed by atoms with E-state index in [4.69, 9.17) is 14.7 Å². The van der Waals surface area contributed by atoms with Gasteiger partial charge in [-0.05, 0) is 77.3 Å². The first kappa shape index (κ1) is 24.2. The summed E-state index contributed by atoms with van der Waals surface area (Å²) >= 11 is 0. The first-order valence-corrected chi connectivity index (χ1v) is 11.8. The molecular formula is C26H38N4O2. The van der Waals surface area contributed by atoms with Crippen LogP contribution in [0.4, 0.5) is 0 Å². The summed E-state index contributed by atoms with van der Waals surface area (Å²) in [6, 6.07) is 4.38. The molecule has 0 bridgehead atoms. The van der Waals surface area contributed by atoms with E-state index in [1.165, 1.54) is 16.7 Å². The molecule has 3 rings (SSSR count). The fourth-order valence-electron chi connectivity index (χ4n) is 4.71. The summed E-state index contributed by atoms with van der Waals surface area (Å²) in [4.78, 5) is 26.6. The van der Waals surface area contributed by atoms with Crippen molar-refractivity contribution in [2.45, 2.75) is 66.8 Å². The number of carbonyl (C=O) groups is 1. The summed E-state index contributed by atoms with van der Waals surface area (Å²) in [5, 5.41) is 0. The lowest BCUT2D eigenvalue weighted by Crippen LogP contribution is -2.32. The number of aryl methyl sites for hydroxylation is 4. The minimum atomic E-state index is 0.148. The Morgan fingerprint density at radius 1 is 1.09 bits per heavy atom. The summed E-state index contributed by atoms with van der Waals surface area (Å²) in [7, 11) is 1.72. The molecule has 0 unspecified atom stereocenters. The molecule has 1 aliphatic rings. The monoisotopic (exact) mass is 438 g/mol. The van der Waals surface area contributed by atoms with Crippen molar-refractivity contribution in [1.29, 1.82) is 0 Å². The molecule has 1 amide bonds. The lowest BCUT2D eigenvalue weighted by Gasteiger charge is -2.21. The van der Waals surface area contributed by atoms with Crippen LogP contribution in [0.1, 0.15) is 65.7 Å². The van der Waals surface area contributed by atoms with Crippen LogP contribution in [0, 0.1) is 27.7 Å². The molecule has 1 saturated heterocycles. The number of aromatic nitrogens is 2. The van der Waals surface area contributed by atoms with E-state index in [1.54, 1.807) is 7.11 Å². The minimum Gasteiger partial charge on any atom is -0.496 e. The largest absolute Gasteiger partial charge is 0.496 e. The van der Waals surface area contributed by atoms with Crippen molar-refractivity contribution in [1.82, 2.24) is 19.8 Å². The second-order valence-corrected chi connectivity index (χ2v) is 8.94. The zero-order chi connectivity index (χ0) is 23.4. The quantitative estimate of drug-likeness (QED) is 0.621. The van der Waals surface area contributed by atoms with Crippen molar-refractivity contribution >= 4 is 5.91 Å². The molecule has 0 aliphatic carbocycles. The molecule has 32 heavy (non-hydrogen) atoms. The highest BCUT2D eigenvalue weighted by atomic mass is 16.5. The van der Waals surface area contributed by atoms with Gasteiger partial charge in [-0.2, -0.15) is 0 Å². The summed E-state index contributed by atoms with van der Waals surface area (Å²) in [6.45, 7) is 16.7. The summed E-state index contributed by atoms with van der Waals surface area (Å²) < 4.78 is 5.45. The molecule has 0 N–H and O–H groups in total. The van der Waals surface area contributed by atoms with Gasteiger partial charge in [0.1, 0.15) is 11.6 Å². The van der Waals surface area contributed by atoms with E-state index in [0.29, 0.717) is 12.3 Å². The van der Waals surface area contributed by atoms with Crippen LogP contribution >= 0.6 is 0 Å². The smallest absolute Gasteiger partial charge is 0.227 e. The molecule has 2 aromatic rings. The van der Waals surface area contributed by atoms with Crippen LogP contribution in [0.5, 0.6) is 5.75 Å². The molecule has 1 aliphatic heterocycles. The van der Waals surface area contributed by atoms with Gasteiger partial charge in [-0.3, -0.25) is 9.69 Å². The Labute approximate surface area is 193 Å². The molecule has 2 heterocycles. The van der Waals surface area contributed by atoms with E-state index < -0.39 is 0 Å². The Hall–Kier alpha value is -2.47. The predicted octanol–water partition coefficient (Wildman–Crippen LogP) is 4.12. The van der Waals surface area contributed by atoms with Crippen molar-refractivity contribution in [2.24, 2.45) is 0 Å². The number of carbonyl (C=O) groups excluding carboxylic acids is 1. The van der Waals surface area contributed by atoms with Gasteiger partial charge in [0.25, 0.3) is 0 Å². The highest BCUT2D eigenvalue weighted by Gasteiger charge is 2.28. The van der Waals surface area contributed by atoms with Crippen LogP contribution in [-0.2, 0) is 17.8 Å². The highest BCUT2D eigenvalue weighted by molar-refractivity contribution is 5.79. The number of nitrogens with zero attached hydrogens (tertiary/aromatic N) is 4. The second kappa shape index (κ2) is 10.4. The molecule has 6 heteroatoms. The Morgan fingerprint density at radius 2 is 1.75 bits per heavy atom. The van der Waals surface area contributed by atoms with Crippen molar-refractivity contribution in [3.63, 3.8) is 0 Å². The second-order valence-electron chi connectivity index (χ2n) is 8.94. The van der Waals surface area contributed by atoms with E-state index in [1.807, 2.05) is 32.6 Å². The molecule has 0 spiro atoms. The predicted molar refractivity (Wildman–Crippen MR) is 128 cm³/mol. The van der Waals surface area contributed by atoms with Gasteiger partial charge in [-0.1, -0.05) is 6.07 Å². The number of methoxy groups -OCH3 is 1. The fraction of sp³-hybridized carbons (Fsp3) is 0.577. The normalized spacial score (nSPS) is 16.4. The number of ether oxygens (including phenoxy) is 1. The summed E-state index contributed by atoms with van der Waals surface area (Å²) in [6.07, 6.45) is 1.44. The van der Waals surface area contributed by atoms with Gasteiger partial charge in [-0.15, -0.1) is 0 Å². The SMILES string of the molecule is CCN(CC)C(=O)Cc1c(C)nc([C@@H]2CCN(Cc3cc(C)c(OC)cc3C)C2)nc1C. The van der Waals surface area contributed by atoms with E-state index in [-0.39, 0.29) is 5.91 Å². The van der Waals surface area contributed by atoms with Gasteiger partial charge in [0, 0.05) is 49.0 Å². The van der Waals surface area contributed by atoms with E-state index >= 15 is 0 Å². The maximum absolute atomic E-state index is 12.6. The van der Waals surface area contributed by atoms with Crippen LogP contribution in [0.15, 0.2) is 12.1 Å². The third kappa shape index (κ3) is 5.29. The Balaban J connectivity index is 1.70. The standard InChI is InChI=1S/C26H38N4O2/c1-8-30(9-2)25(31)14-23-19(5)27-26(28-20(23)6)21-10-11-29(15-21)16-22-12-18(4)24(32-7)13-17(22)3/h12-13,21H,8-11,14-16H2,1-7H3/t21-/m1/s1. The molecule has 0 saturated carbocycles. The number of hydrogen-bond acceptors (Lipinski definition) is 5. The number of benzene rings is 1. The van der Waals surface area contributed by atoms with Crippen LogP contribution < -0.4 is 4.74 Å². The molecule has 0 radical (unpaired) electrons. The average molecular weight is 439 g/mol. The van der Waals surface area contributed by atoms with Crippen LogP contribution in [0.25, 0.3) is 0 Å². The first-order chi connectivity index (χ1) is 15.3. The van der Waals surface area contributed by atoms with Crippen LogP contribution in [-0.4, -0.2) is 59.0 Å². The molecule has 1 fully saturated rings. The Kier molecular flexibility index (Phi) is 7.88. The fourth-order valence-corrected chi connectivity index (χ4v) is 4.71. The maximum atomic E-state index is 12.6. The van der Waals surface area contributed by atoms with Crippen LogP contribution in [0.2, 0.25) is 0 Å². The molecule has 6 nitrogen and oxygen atoms in total. The number of amides is 1. The van der Waals surface area contributed by atoms with E-state index in [2.05, 4.69) is 30.9 Å². The zero-order valence-electron chi connectivity index (χ0n) is 20.8. The van der Waals surface area contributed by atoms with Gasteiger partial charge in [-0.25, -0.2) is 9.97 Å². The molecular weight excluding hydrogens is 400 g/mol. The van der Waals surface area contributed by atoms with Gasteiger partial charge in [0.05, 0.1) is 13.5 Å². The van der Waals surface area contributed by atoms with Crippen LogP contribution in [0.3, 0.4) is 0 Å². The average Bonchev–Trinajstić information content (AvgIpc) is 3.22. The third-order valence-corrected chi connectivity index (χ3v) is 6.77. The minimum absolute atomic E-state index is 0.148. The summed E-state index contributed by atoms with van der Waals surface area (Å²) in [5.41, 5.74) is 6.64. The van der Waals surface area contributed by atoms with Gasteiger partial charge in [0.2, 0.25) is 5.91 Å². The number of likely N-dealkylation sites (tertiary alicyclic amines) is 1. The van der Waals surface area contributed by atoms with Crippen molar-refractivity contribution < 1.29 is 9.53 Å². The first-order valence-electron chi connectivity index (χ1n) is 11.8. The Bertz CT molecular complexity index is 946. The zero-order valence-corrected chi connectivity index (χ0v) is 20.8. The maximum Gasteiger partial charge on any atom is 0.227 e. The van der Waals surface area contributed by atoms with E-state index in [0.717, 1.165) is 67.7 Å². The van der Waals surface area contributed by atoms with Crippen molar-refractivity contribution in [3.8, 4) is 5.75 Å². The number of likely N-dealkylation sites (N-methyl/N-ethyl adjacent to an activating group) is 1. The van der Waals surface area contributed by atoms with Gasteiger partial charge >= 0.3 is 0 Å². The number of rotatable bonds is 8. The lowest BCUT2D eigenvalue weighted by molar-refractivity contribution is -0.130. The molecule has 1 atom stereocenters. The highest BCUT2D eigenvalue weighted by Crippen LogP contribution is 2.29. The summed E-state index contributed by atoms with van der Waals surface area (Å²) in [5.74, 6) is 2.35. The van der Waals surface area contributed by atoms with Gasteiger partial charge < -0.3 is 9.64 Å². The third-order valence-electron chi connectivity index (χ3n) is 6.77. The molecule has 1 aromatic carbocycles. The van der Waals surface area contributed by atoms with Gasteiger partial charge in [0.15, 0.2) is 0 Å². The number of hydrogen-bond donors (Lipinski definition) is 0. The topological polar surface area (TPSA) is 58.6 Å². The lowest BCUT2D eigenvalue weighted by atomic mass is 10.0. The van der Waals surface area contributed by atoms with Crippen molar-refractivity contribution in [3.05, 3.63) is 51.6 Å². The molecule has 1 aromatic heterocycles. The molecule has 174 valence electrons. The van der Waals surface area contributed by atoms with E-state index in [9.17, 15) is 4.79 Å². The Morgan fingerprint density at radius 3 is 2.34 bits per heavy atom.